The van der Waals surface area contributed by atoms with E-state index in [4.69, 9.17) is 4.42 Å². The molecule has 0 amide bonds. The number of fused-ring (bicyclic) bond motifs is 1. The first kappa shape index (κ1) is 8.23. The molecule has 0 fully saturated rings. The smallest absolute Gasteiger partial charge is 0.198 e. The molecule has 0 spiro atoms. The van der Waals surface area contributed by atoms with Gasteiger partial charge in [0.15, 0.2) is 11.5 Å². The Morgan fingerprint density at radius 2 is 2.15 bits per heavy atom. The van der Waals surface area contributed by atoms with Crippen LogP contribution < -0.4 is 0 Å². The summed E-state index contributed by atoms with van der Waals surface area (Å²) in [6.45, 7) is 3.97. The van der Waals surface area contributed by atoms with Crippen molar-refractivity contribution in [1.29, 1.82) is 0 Å². The molecule has 0 atom stereocenters. The SMILES string of the molecule is CC(C)c1nc2ccc(F)cc2o1. The molecule has 3 heteroatoms. The third kappa shape index (κ3) is 1.41. The van der Waals surface area contributed by atoms with Crippen molar-refractivity contribution < 1.29 is 8.81 Å². The molecule has 0 aliphatic heterocycles. The van der Waals surface area contributed by atoms with Crippen molar-refractivity contribution in [2.24, 2.45) is 0 Å². The molecule has 0 radical (unpaired) electrons. The van der Waals surface area contributed by atoms with Gasteiger partial charge in [-0.15, -0.1) is 0 Å². The van der Waals surface area contributed by atoms with Crippen molar-refractivity contribution in [3.63, 3.8) is 0 Å². The van der Waals surface area contributed by atoms with E-state index in [2.05, 4.69) is 4.98 Å². The Kier molecular flexibility index (Phi) is 1.79. The lowest BCUT2D eigenvalue weighted by molar-refractivity contribution is 0.499. The van der Waals surface area contributed by atoms with Crippen molar-refractivity contribution in [2.45, 2.75) is 19.8 Å². The first-order valence-electron chi connectivity index (χ1n) is 4.23. The third-order valence-corrected chi connectivity index (χ3v) is 1.86. The van der Waals surface area contributed by atoms with Gasteiger partial charge in [0.25, 0.3) is 0 Å². The van der Waals surface area contributed by atoms with Crippen LogP contribution in [0.25, 0.3) is 11.1 Å². The fourth-order valence-corrected chi connectivity index (χ4v) is 1.16. The first-order chi connectivity index (χ1) is 6.16. The first-order valence-corrected chi connectivity index (χ1v) is 4.23. The van der Waals surface area contributed by atoms with Gasteiger partial charge < -0.3 is 4.42 Å². The monoisotopic (exact) mass is 179 g/mol. The summed E-state index contributed by atoms with van der Waals surface area (Å²) in [6.07, 6.45) is 0. The topological polar surface area (TPSA) is 26.0 Å². The Bertz CT molecular complexity index is 433. The Morgan fingerprint density at radius 3 is 2.85 bits per heavy atom. The molecule has 0 aliphatic carbocycles. The summed E-state index contributed by atoms with van der Waals surface area (Å²) in [5.74, 6) is 0.593. The molecule has 0 bridgehead atoms. The van der Waals surface area contributed by atoms with E-state index in [9.17, 15) is 4.39 Å². The van der Waals surface area contributed by atoms with Crippen molar-refractivity contribution >= 4 is 11.1 Å². The number of hydrogen-bond acceptors (Lipinski definition) is 2. The number of halogens is 1. The van der Waals surface area contributed by atoms with Crippen LogP contribution in [-0.4, -0.2) is 4.98 Å². The van der Waals surface area contributed by atoms with E-state index < -0.39 is 0 Å². The average Bonchev–Trinajstić information content (AvgIpc) is 2.46. The maximum absolute atomic E-state index is 12.8. The standard InChI is InChI=1S/C10H10FNO/c1-6(2)10-12-8-4-3-7(11)5-9(8)13-10/h3-6H,1-2H3. The Morgan fingerprint density at radius 1 is 1.38 bits per heavy atom. The zero-order valence-electron chi connectivity index (χ0n) is 7.54. The lowest BCUT2D eigenvalue weighted by Gasteiger charge is -1.93. The summed E-state index contributed by atoms with van der Waals surface area (Å²) in [7, 11) is 0. The molecule has 2 nitrogen and oxygen atoms in total. The van der Waals surface area contributed by atoms with E-state index in [1.807, 2.05) is 13.8 Å². The third-order valence-electron chi connectivity index (χ3n) is 1.86. The maximum Gasteiger partial charge on any atom is 0.198 e. The van der Waals surface area contributed by atoms with Gasteiger partial charge in [-0.3, -0.25) is 0 Å². The highest BCUT2D eigenvalue weighted by atomic mass is 19.1. The van der Waals surface area contributed by atoms with Gasteiger partial charge in [-0.05, 0) is 12.1 Å². The number of benzene rings is 1. The lowest BCUT2D eigenvalue weighted by Crippen LogP contribution is -1.84. The molecule has 2 rings (SSSR count). The van der Waals surface area contributed by atoms with Crippen LogP contribution in [0.2, 0.25) is 0 Å². The van der Waals surface area contributed by atoms with Crippen molar-refractivity contribution in [2.75, 3.05) is 0 Å². The molecule has 1 aromatic carbocycles. The van der Waals surface area contributed by atoms with Crippen LogP contribution in [0.1, 0.15) is 25.7 Å². The highest BCUT2D eigenvalue weighted by Gasteiger charge is 2.09. The van der Waals surface area contributed by atoms with Crippen molar-refractivity contribution in [1.82, 2.24) is 4.98 Å². The molecule has 1 heterocycles. The molecule has 0 N–H and O–H groups in total. The van der Waals surface area contributed by atoms with E-state index in [0.717, 1.165) is 0 Å². The minimum atomic E-state index is -0.293. The maximum atomic E-state index is 12.8. The van der Waals surface area contributed by atoms with Crippen LogP contribution >= 0.6 is 0 Å². The predicted octanol–water partition coefficient (Wildman–Crippen LogP) is 3.09. The minimum absolute atomic E-state index is 0.232. The molecule has 0 aliphatic rings. The van der Waals surface area contributed by atoms with Gasteiger partial charge in [0.1, 0.15) is 11.3 Å². The molecule has 0 saturated carbocycles. The van der Waals surface area contributed by atoms with Gasteiger partial charge >= 0.3 is 0 Å². The van der Waals surface area contributed by atoms with Gasteiger partial charge in [-0.1, -0.05) is 13.8 Å². The van der Waals surface area contributed by atoms with Crippen molar-refractivity contribution in [3.05, 3.63) is 29.9 Å². The van der Waals surface area contributed by atoms with Gasteiger partial charge in [-0.2, -0.15) is 0 Å². The number of oxazole rings is 1. The van der Waals surface area contributed by atoms with Gasteiger partial charge in [0.05, 0.1) is 0 Å². The molecule has 2 aromatic rings. The highest BCUT2D eigenvalue weighted by molar-refractivity contribution is 5.72. The van der Waals surface area contributed by atoms with Crippen LogP contribution in [0.4, 0.5) is 4.39 Å². The molecular weight excluding hydrogens is 169 g/mol. The summed E-state index contributed by atoms with van der Waals surface area (Å²) < 4.78 is 18.1. The zero-order chi connectivity index (χ0) is 9.42. The van der Waals surface area contributed by atoms with Gasteiger partial charge in [0, 0.05) is 12.0 Å². The van der Waals surface area contributed by atoms with E-state index >= 15 is 0 Å². The normalized spacial score (nSPS) is 11.4. The molecule has 13 heavy (non-hydrogen) atoms. The van der Waals surface area contributed by atoms with E-state index in [1.165, 1.54) is 12.1 Å². The summed E-state index contributed by atoms with van der Waals surface area (Å²) in [5.41, 5.74) is 1.23. The molecule has 1 aromatic heterocycles. The highest BCUT2D eigenvalue weighted by Crippen LogP contribution is 2.21. The Balaban J connectivity index is 2.62. The number of nitrogens with zero attached hydrogens (tertiary/aromatic N) is 1. The molecular formula is C10H10FNO. The number of aromatic nitrogens is 1. The predicted molar refractivity (Wildman–Crippen MR) is 48.1 cm³/mol. The zero-order valence-corrected chi connectivity index (χ0v) is 7.54. The summed E-state index contributed by atoms with van der Waals surface area (Å²) >= 11 is 0. The van der Waals surface area contributed by atoms with Crippen molar-refractivity contribution in [3.8, 4) is 0 Å². The second kappa shape index (κ2) is 2.83. The van der Waals surface area contributed by atoms with Crippen LogP contribution in [-0.2, 0) is 0 Å². The van der Waals surface area contributed by atoms with Crippen LogP contribution in [0.3, 0.4) is 0 Å². The van der Waals surface area contributed by atoms with Gasteiger partial charge in [-0.25, -0.2) is 9.37 Å². The summed E-state index contributed by atoms with van der Waals surface area (Å²) in [5, 5.41) is 0. The van der Waals surface area contributed by atoms with Crippen LogP contribution in [0.15, 0.2) is 22.6 Å². The fourth-order valence-electron chi connectivity index (χ4n) is 1.16. The second-order valence-corrected chi connectivity index (χ2v) is 3.32. The Hall–Kier alpha value is -1.38. The second-order valence-electron chi connectivity index (χ2n) is 3.32. The summed E-state index contributed by atoms with van der Waals surface area (Å²) in [6, 6.07) is 4.36. The largest absolute Gasteiger partial charge is 0.440 e. The molecule has 0 unspecified atom stereocenters. The van der Waals surface area contributed by atoms with Gasteiger partial charge in [0.2, 0.25) is 0 Å². The van der Waals surface area contributed by atoms with E-state index in [-0.39, 0.29) is 11.7 Å². The van der Waals surface area contributed by atoms with Crippen LogP contribution in [0.5, 0.6) is 0 Å². The van der Waals surface area contributed by atoms with Crippen LogP contribution in [0, 0.1) is 5.82 Å². The van der Waals surface area contributed by atoms with E-state index in [1.54, 1.807) is 6.07 Å². The minimum Gasteiger partial charge on any atom is -0.440 e. The average molecular weight is 179 g/mol. The number of hydrogen-bond donors (Lipinski definition) is 0. The molecule has 68 valence electrons. The van der Waals surface area contributed by atoms with E-state index in [0.29, 0.717) is 17.0 Å². The Labute approximate surface area is 75.4 Å². The quantitative estimate of drug-likeness (QED) is 0.672. The fraction of sp³-hybridized carbons (Fsp3) is 0.300. The summed E-state index contributed by atoms with van der Waals surface area (Å²) in [4.78, 5) is 4.22. The lowest BCUT2D eigenvalue weighted by atomic mass is 10.2. The molecule has 0 saturated heterocycles. The number of rotatable bonds is 1.